The second kappa shape index (κ2) is 8.49. The predicted molar refractivity (Wildman–Crippen MR) is 116 cm³/mol. The Bertz CT molecular complexity index is 883. The smallest absolute Gasteiger partial charge is 0.219 e. The van der Waals surface area contributed by atoms with Crippen LogP contribution in [0.25, 0.3) is 5.65 Å². The molecule has 30 heavy (non-hydrogen) atoms. The molecule has 1 atom stereocenters. The summed E-state index contributed by atoms with van der Waals surface area (Å²) in [6, 6.07) is 4.13. The van der Waals surface area contributed by atoms with Crippen LogP contribution in [0.15, 0.2) is 12.1 Å². The van der Waals surface area contributed by atoms with Gasteiger partial charge in [-0.25, -0.2) is 0 Å². The highest BCUT2D eigenvalue weighted by molar-refractivity contribution is 5.73. The molecule has 0 N–H and O–H groups in total. The van der Waals surface area contributed by atoms with Crippen molar-refractivity contribution in [2.45, 2.75) is 51.4 Å². The molecule has 0 saturated carbocycles. The molecule has 0 aromatic carbocycles. The fourth-order valence-electron chi connectivity index (χ4n) is 5.40. The van der Waals surface area contributed by atoms with Crippen LogP contribution in [0.4, 0.5) is 5.82 Å². The Morgan fingerprint density at radius 1 is 1.00 bits per heavy atom. The minimum Gasteiger partial charge on any atom is -0.355 e. The zero-order chi connectivity index (χ0) is 20.5. The van der Waals surface area contributed by atoms with Crippen LogP contribution in [0.2, 0.25) is 0 Å². The number of hydrogen-bond donors (Lipinski definition) is 0. The van der Waals surface area contributed by atoms with Gasteiger partial charge in [-0.3, -0.25) is 4.79 Å². The van der Waals surface area contributed by atoms with Gasteiger partial charge in [-0.2, -0.15) is 4.52 Å². The Labute approximate surface area is 178 Å². The van der Waals surface area contributed by atoms with E-state index in [-0.39, 0.29) is 5.91 Å². The van der Waals surface area contributed by atoms with Gasteiger partial charge in [-0.05, 0) is 69.7 Å². The molecule has 5 rings (SSSR count). The number of fused-ring (bicyclic) bond motifs is 1. The third-order valence-corrected chi connectivity index (χ3v) is 7.14. The number of carbonyl (C=O) groups excluding carboxylic acids is 1. The molecule has 8 nitrogen and oxygen atoms in total. The first-order valence-corrected chi connectivity index (χ1v) is 11.6. The molecule has 162 valence electrons. The summed E-state index contributed by atoms with van der Waals surface area (Å²) < 4.78 is 1.99. The van der Waals surface area contributed by atoms with Crippen molar-refractivity contribution in [3.8, 4) is 0 Å². The molecule has 0 radical (unpaired) electrons. The van der Waals surface area contributed by atoms with Gasteiger partial charge < -0.3 is 14.7 Å². The molecule has 0 spiro atoms. The van der Waals surface area contributed by atoms with E-state index in [1.54, 1.807) is 6.92 Å². The lowest BCUT2D eigenvalue weighted by Gasteiger charge is -2.37. The number of hydrogen-bond acceptors (Lipinski definition) is 6. The normalized spacial score (nSPS) is 24.1. The molecule has 5 heterocycles. The van der Waals surface area contributed by atoms with Crippen molar-refractivity contribution in [2.75, 3.05) is 50.7 Å². The maximum Gasteiger partial charge on any atom is 0.219 e. The Morgan fingerprint density at radius 3 is 2.57 bits per heavy atom. The first-order valence-electron chi connectivity index (χ1n) is 11.6. The Balaban J connectivity index is 1.22. The zero-order valence-electron chi connectivity index (χ0n) is 18.0. The highest BCUT2D eigenvalue weighted by atomic mass is 16.2. The van der Waals surface area contributed by atoms with E-state index in [2.05, 4.69) is 32.1 Å². The van der Waals surface area contributed by atoms with Gasteiger partial charge >= 0.3 is 0 Å². The van der Waals surface area contributed by atoms with E-state index in [1.807, 2.05) is 9.42 Å². The number of rotatable bonds is 4. The summed E-state index contributed by atoms with van der Waals surface area (Å²) in [6.07, 6.45) is 7.06. The van der Waals surface area contributed by atoms with Crippen LogP contribution in [-0.2, 0) is 4.79 Å². The second-order valence-corrected chi connectivity index (χ2v) is 9.26. The number of piperidine rings is 2. The first-order chi connectivity index (χ1) is 14.7. The van der Waals surface area contributed by atoms with E-state index in [0.717, 1.165) is 82.4 Å². The quantitative estimate of drug-likeness (QED) is 0.768. The van der Waals surface area contributed by atoms with Crippen LogP contribution in [0.1, 0.15) is 57.2 Å². The molecule has 3 aliphatic heterocycles. The van der Waals surface area contributed by atoms with Gasteiger partial charge in [0.2, 0.25) is 5.91 Å². The molecule has 3 aliphatic rings. The maximum atomic E-state index is 11.7. The van der Waals surface area contributed by atoms with Crippen molar-refractivity contribution < 1.29 is 4.79 Å². The van der Waals surface area contributed by atoms with E-state index in [9.17, 15) is 4.79 Å². The van der Waals surface area contributed by atoms with Gasteiger partial charge in [0.1, 0.15) is 5.82 Å². The number of nitrogens with zero attached hydrogens (tertiary/aromatic N) is 7. The number of aromatic nitrogens is 4. The van der Waals surface area contributed by atoms with Gasteiger partial charge in [0, 0.05) is 45.6 Å². The van der Waals surface area contributed by atoms with Crippen LogP contribution < -0.4 is 4.90 Å². The summed E-state index contributed by atoms with van der Waals surface area (Å²) in [6.45, 7) is 9.01. The summed E-state index contributed by atoms with van der Waals surface area (Å²) in [5, 5.41) is 13.8. The van der Waals surface area contributed by atoms with Crippen LogP contribution in [0, 0.1) is 5.92 Å². The van der Waals surface area contributed by atoms with Gasteiger partial charge in [-0.1, -0.05) is 0 Å². The van der Waals surface area contributed by atoms with Crippen molar-refractivity contribution in [1.82, 2.24) is 29.6 Å². The SMILES string of the molecule is CC(=O)N1CCCC(CN2CCC(c3nnc4ccc(N5CCCC5)nn34)CC2)C1. The summed E-state index contributed by atoms with van der Waals surface area (Å²) in [7, 11) is 0. The number of likely N-dealkylation sites (tertiary alicyclic amines) is 2. The molecule has 2 aromatic heterocycles. The lowest BCUT2D eigenvalue weighted by molar-refractivity contribution is -0.130. The van der Waals surface area contributed by atoms with E-state index >= 15 is 0 Å². The number of carbonyl (C=O) groups is 1. The van der Waals surface area contributed by atoms with Crippen molar-refractivity contribution in [2.24, 2.45) is 5.92 Å². The van der Waals surface area contributed by atoms with Crippen LogP contribution >= 0.6 is 0 Å². The third kappa shape index (κ3) is 4.02. The predicted octanol–water partition coefficient (Wildman–Crippen LogP) is 2.16. The molecule has 1 amide bonds. The van der Waals surface area contributed by atoms with Crippen molar-refractivity contribution >= 4 is 17.4 Å². The van der Waals surface area contributed by atoms with E-state index in [0.29, 0.717) is 11.8 Å². The average Bonchev–Trinajstić information content (AvgIpc) is 3.44. The second-order valence-electron chi connectivity index (χ2n) is 9.26. The Morgan fingerprint density at radius 2 is 1.80 bits per heavy atom. The third-order valence-electron chi connectivity index (χ3n) is 7.14. The minimum atomic E-state index is 0.220. The summed E-state index contributed by atoms with van der Waals surface area (Å²) >= 11 is 0. The van der Waals surface area contributed by atoms with Crippen molar-refractivity contribution in [3.63, 3.8) is 0 Å². The topological polar surface area (TPSA) is 69.9 Å². The maximum absolute atomic E-state index is 11.7. The lowest BCUT2D eigenvalue weighted by Crippen LogP contribution is -2.44. The van der Waals surface area contributed by atoms with Crippen LogP contribution in [0.5, 0.6) is 0 Å². The monoisotopic (exact) mass is 411 g/mol. The summed E-state index contributed by atoms with van der Waals surface area (Å²) in [4.78, 5) is 18.7. The summed E-state index contributed by atoms with van der Waals surface area (Å²) in [5.41, 5.74) is 0.849. The first kappa shape index (κ1) is 19.7. The number of amides is 1. The number of anilines is 1. The van der Waals surface area contributed by atoms with Crippen LogP contribution in [-0.4, -0.2) is 81.3 Å². The molecule has 1 unspecified atom stereocenters. The van der Waals surface area contributed by atoms with Gasteiger partial charge in [0.25, 0.3) is 0 Å². The molecule has 0 aliphatic carbocycles. The largest absolute Gasteiger partial charge is 0.355 e. The molecule has 2 aromatic rings. The van der Waals surface area contributed by atoms with Gasteiger partial charge in [-0.15, -0.1) is 15.3 Å². The van der Waals surface area contributed by atoms with Crippen molar-refractivity contribution in [3.05, 3.63) is 18.0 Å². The van der Waals surface area contributed by atoms with Gasteiger partial charge in [0.05, 0.1) is 0 Å². The Hall–Kier alpha value is -2.22. The standard InChI is InChI=1S/C22H33N7O/c1-17(30)28-12-4-5-18(16-28)15-26-13-8-19(9-14-26)22-24-23-20-6-7-21(25-29(20)22)27-10-2-3-11-27/h6-7,18-19H,2-5,8-16H2,1H3. The minimum absolute atomic E-state index is 0.220. The molecular formula is C22H33N7O. The molecule has 0 bridgehead atoms. The fraction of sp³-hybridized carbons (Fsp3) is 0.727. The van der Waals surface area contributed by atoms with E-state index < -0.39 is 0 Å². The fourth-order valence-corrected chi connectivity index (χ4v) is 5.40. The van der Waals surface area contributed by atoms with Gasteiger partial charge in [0.15, 0.2) is 11.5 Å². The van der Waals surface area contributed by atoms with E-state index in [4.69, 9.17) is 5.10 Å². The lowest BCUT2D eigenvalue weighted by atomic mass is 9.93. The Kier molecular flexibility index (Phi) is 5.58. The highest BCUT2D eigenvalue weighted by Gasteiger charge is 2.28. The van der Waals surface area contributed by atoms with Crippen molar-refractivity contribution in [1.29, 1.82) is 0 Å². The molecular weight excluding hydrogens is 378 g/mol. The average molecular weight is 412 g/mol. The molecule has 3 saturated heterocycles. The molecule has 3 fully saturated rings. The van der Waals surface area contributed by atoms with E-state index in [1.165, 1.54) is 19.3 Å². The highest BCUT2D eigenvalue weighted by Crippen LogP contribution is 2.29. The zero-order valence-corrected chi connectivity index (χ0v) is 18.0. The molecule has 8 heteroatoms. The van der Waals surface area contributed by atoms with Crippen LogP contribution in [0.3, 0.4) is 0 Å². The summed E-state index contributed by atoms with van der Waals surface area (Å²) in [5.74, 6) is 3.31.